The first-order chi connectivity index (χ1) is 14.4. The number of halogens is 5. The molecule has 1 aliphatic rings. The average Bonchev–Trinajstić information content (AvgIpc) is 2.71. The highest BCUT2D eigenvalue weighted by Gasteiger charge is 2.20. The molecular weight excluding hydrogens is 395 g/mol. The molecule has 0 saturated carbocycles. The molecule has 0 atom stereocenters. The third-order valence-electron chi connectivity index (χ3n) is 5.45. The van der Waals surface area contributed by atoms with Gasteiger partial charge in [0.1, 0.15) is 11.6 Å². The topological polar surface area (TPSA) is 0 Å². The van der Waals surface area contributed by atoms with Crippen LogP contribution in [0.4, 0.5) is 22.0 Å². The number of benzene rings is 3. The number of aryl methyl sites for hydroxylation is 1. The Labute approximate surface area is 171 Å². The van der Waals surface area contributed by atoms with Crippen molar-refractivity contribution in [3.8, 4) is 11.1 Å². The molecule has 0 fully saturated rings. The number of allylic oxidation sites excluding steroid dienone is 2. The molecule has 0 aromatic heterocycles. The maximum Gasteiger partial charge on any atom is 0.194 e. The molecule has 0 N–H and O–H groups in total. The molecule has 0 amide bonds. The second kappa shape index (κ2) is 8.05. The molecule has 3 aromatic carbocycles. The minimum Gasteiger partial charge on any atom is -0.206 e. The van der Waals surface area contributed by atoms with Gasteiger partial charge in [-0.05, 0) is 77.4 Å². The average molecular weight is 414 g/mol. The highest BCUT2D eigenvalue weighted by Crippen LogP contribution is 2.34. The summed E-state index contributed by atoms with van der Waals surface area (Å²) in [6, 6.07) is 9.58. The van der Waals surface area contributed by atoms with Crippen LogP contribution in [0, 0.1) is 29.1 Å². The van der Waals surface area contributed by atoms with Gasteiger partial charge in [-0.15, -0.1) is 0 Å². The summed E-state index contributed by atoms with van der Waals surface area (Å²) in [5.41, 5.74) is 3.60. The lowest BCUT2D eigenvalue weighted by atomic mass is 9.85. The summed E-state index contributed by atoms with van der Waals surface area (Å²) in [7, 11) is 0. The van der Waals surface area contributed by atoms with Crippen LogP contribution in [0.3, 0.4) is 0 Å². The predicted octanol–water partition coefficient (Wildman–Crippen LogP) is 7.18. The van der Waals surface area contributed by atoms with Crippen molar-refractivity contribution in [2.75, 3.05) is 0 Å². The summed E-state index contributed by atoms with van der Waals surface area (Å²) in [6.07, 6.45) is 4.40. The Morgan fingerprint density at radius 2 is 1.43 bits per heavy atom. The number of rotatable bonds is 4. The Hall–Kier alpha value is -2.95. The van der Waals surface area contributed by atoms with Gasteiger partial charge in [-0.25, -0.2) is 22.0 Å². The van der Waals surface area contributed by atoms with Crippen LogP contribution in [0.5, 0.6) is 0 Å². The molecule has 30 heavy (non-hydrogen) atoms. The van der Waals surface area contributed by atoms with Gasteiger partial charge in [0.25, 0.3) is 0 Å². The van der Waals surface area contributed by atoms with E-state index in [1.54, 1.807) is 6.07 Å². The van der Waals surface area contributed by atoms with Crippen LogP contribution >= 0.6 is 0 Å². The van der Waals surface area contributed by atoms with Crippen LogP contribution in [0.25, 0.3) is 16.7 Å². The van der Waals surface area contributed by atoms with Gasteiger partial charge in [0.15, 0.2) is 17.5 Å². The molecule has 5 heteroatoms. The fraction of sp³-hybridized carbons (Fsp3) is 0.200. The Bertz CT molecular complexity index is 1140. The molecule has 3 aromatic rings. The lowest BCUT2D eigenvalue weighted by molar-refractivity contribution is 0.447. The van der Waals surface area contributed by atoms with Gasteiger partial charge in [0.05, 0.1) is 0 Å². The van der Waals surface area contributed by atoms with E-state index < -0.39 is 23.3 Å². The van der Waals surface area contributed by atoms with E-state index in [2.05, 4.69) is 0 Å². The third-order valence-corrected chi connectivity index (χ3v) is 5.45. The number of fused-ring (bicyclic) bond motifs is 1. The van der Waals surface area contributed by atoms with Crippen molar-refractivity contribution >= 4 is 5.57 Å². The monoisotopic (exact) mass is 414 g/mol. The zero-order chi connectivity index (χ0) is 21.4. The minimum absolute atomic E-state index is 0.00139. The normalized spacial score (nSPS) is 13.2. The van der Waals surface area contributed by atoms with Crippen molar-refractivity contribution < 1.29 is 22.0 Å². The van der Waals surface area contributed by atoms with Crippen LogP contribution in [0.15, 0.2) is 48.5 Å². The van der Waals surface area contributed by atoms with E-state index in [0.29, 0.717) is 24.0 Å². The lowest BCUT2D eigenvalue weighted by Crippen LogP contribution is -2.06. The van der Waals surface area contributed by atoms with Crippen molar-refractivity contribution in [1.29, 1.82) is 0 Å². The molecule has 0 saturated heterocycles. The summed E-state index contributed by atoms with van der Waals surface area (Å²) in [6.45, 7) is 2.03. The maximum atomic E-state index is 14.7. The van der Waals surface area contributed by atoms with Gasteiger partial charge >= 0.3 is 0 Å². The zero-order valence-corrected chi connectivity index (χ0v) is 16.3. The largest absolute Gasteiger partial charge is 0.206 e. The highest BCUT2D eigenvalue weighted by atomic mass is 19.2. The third kappa shape index (κ3) is 3.76. The second-order valence-corrected chi connectivity index (χ2v) is 7.53. The molecule has 4 rings (SSSR count). The fourth-order valence-electron chi connectivity index (χ4n) is 3.93. The van der Waals surface area contributed by atoms with Crippen LogP contribution < -0.4 is 0 Å². The molecule has 0 unspecified atom stereocenters. The van der Waals surface area contributed by atoms with E-state index in [-0.39, 0.29) is 16.9 Å². The minimum atomic E-state index is -1.59. The Morgan fingerprint density at radius 1 is 0.733 bits per heavy atom. The lowest BCUT2D eigenvalue weighted by Gasteiger charge is -2.20. The molecule has 0 heterocycles. The first-order valence-corrected chi connectivity index (χ1v) is 9.81. The first-order valence-electron chi connectivity index (χ1n) is 9.81. The van der Waals surface area contributed by atoms with Crippen LogP contribution in [-0.2, 0) is 19.3 Å². The molecule has 0 bridgehead atoms. The smallest absolute Gasteiger partial charge is 0.194 e. The molecule has 154 valence electrons. The van der Waals surface area contributed by atoms with Crippen molar-refractivity contribution in [3.05, 3.63) is 99.9 Å². The maximum absolute atomic E-state index is 14.7. The number of hydrogen-bond acceptors (Lipinski definition) is 0. The van der Waals surface area contributed by atoms with E-state index in [1.165, 1.54) is 18.2 Å². The standard InChI is InChI=1S/C25H19F5/c1-2-3-14-4-7-19(21(26)8-14)16-6-5-15-10-20(22(27)11-17(15)9-16)18-12-23(28)25(30)24(29)13-18/h4,6-8,10-13H,2-3,5,9H2,1H3. The predicted molar refractivity (Wildman–Crippen MR) is 107 cm³/mol. The molecule has 0 aliphatic heterocycles. The highest BCUT2D eigenvalue weighted by molar-refractivity contribution is 5.73. The van der Waals surface area contributed by atoms with Crippen molar-refractivity contribution in [2.24, 2.45) is 0 Å². The summed E-state index contributed by atoms with van der Waals surface area (Å²) in [4.78, 5) is 0. The van der Waals surface area contributed by atoms with Crippen molar-refractivity contribution in [1.82, 2.24) is 0 Å². The Morgan fingerprint density at radius 3 is 2.10 bits per heavy atom. The van der Waals surface area contributed by atoms with E-state index >= 15 is 0 Å². The van der Waals surface area contributed by atoms with Gasteiger partial charge in [0, 0.05) is 11.1 Å². The molecule has 1 aliphatic carbocycles. The molecule has 0 nitrogen and oxygen atoms in total. The second-order valence-electron chi connectivity index (χ2n) is 7.53. The molecule has 0 radical (unpaired) electrons. The zero-order valence-electron chi connectivity index (χ0n) is 16.3. The molecular formula is C25H19F5. The first kappa shape index (κ1) is 20.3. The van der Waals surface area contributed by atoms with Gasteiger partial charge < -0.3 is 0 Å². The van der Waals surface area contributed by atoms with Crippen LogP contribution in [0.1, 0.15) is 35.6 Å². The summed E-state index contributed by atoms with van der Waals surface area (Å²) in [5, 5.41) is 0. The van der Waals surface area contributed by atoms with Crippen LogP contribution in [0.2, 0.25) is 0 Å². The SMILES string of the molecule is CCCc1ccc(C2=CCc3cc(-c4cc(F)c(F)c(F)c4)c(F)cc3C2)c(F)c1. The van der Waals surface area contributed by atoms with E-state index in [1.807, 2.05) is 19.1 Å². The summed E-state index contributed by atoms with van der Waals surface area (Å²) >= 11 is 0. The van der Waals surface area contributed by atoms with Gasteiger partial charge in [-0.3, -0.25) is 0 Å². The van der Waals surface area contributed by atoms with Crippen LogP contribution in [-0.4, -0.2) is 0 Å². The van der Waals surface area contributed by atoms with E-state index in [0.717, 1.165) is 41.7 Å². The summed E-state index contributed by atoms with van der Waals surface area (Å²) < 4.78 is 69.7. The van der Waals surface area contributed by atoms with Gasteiger partial charge in [0.2, 0.25) is 0 Å². The Balaban J connectivity index is 1.67. The Kier molecular flexibility index (Phi) is 5.46. The van der Waals surface area contributed by atoms with Gasteiger partial charge in [-0.1, -0.05) is 31.6 Å². The fourth-order valence-corrected chi connectivity index (χ4v) is 3.93. The van der Waals surface area contributed by atoms with E-state index in [9.17, 15) is 22.0 Å². The quantitative estimate of drug-likeness (QED) is 0.313. The summed E-state index contributed by atoms with van der Waals surface area (Å²) in [5.74, 6) is -5.29. The van der Waals surface area contributed by atoms with Crippen molar-refractivity contribution in [3.63, 3.8) is 0 Å². The van der Waals surface area contributed by atoms with Crippen molar-refractivity contribution in [2.45, 2.75) is 32.6 Å². The number of hydrogen-bond donors (Lipinski definition) is 0. The van der Waals surface area contributed by atoms with E-state index in [4.69, 9.17) is 0 Å². The molecule has 0 spiro atoms. The van der Waals surface area contributed by atoms with Gasteiger partial charge in [-0.2, -0.15) is 0 Å².